The zero-order chi connectivity index (χ0) is 17.4. The molecule has 0 N–H and O–H groups in total. The smallest absolute Gasteiger partial charge is 0.246 e. The number of ether oxygens (including phenoxy) is 2. The highest BCUT2D eigenvalue weighted by Gasteiger charge is 2.46. The zero-order valence-electron chi connectivity index (χ0n) is 14.9. The summed E-state index contributed by atoms with van der Waals surface area (Å²) in [4.78, 5) is 21.8. The van der Waals surface area contributed by atoms with Crippen molar-refractivity contribution in [2.75, 3.05) is 32.9 Å². The van der Waals surface area contributed by atoms with E-state index in [1.807, 2.05) is 6.92 Å². The fourth-order valence-electron chi connectivity index (χ4n) is 4.32. The maximum Gasteiger partial charge on any atom is 0.246 e. The molecule has 1 aromatic rings. The van der Waals surface area contributed by atoms with Crippen molar-refractivity contribution in [2.24, 2.45) is 0 Å². The first-order valence-electron chi connectivity index (χ1n) is 9.21. The zero-order valence-corrected chi connectivity index (χ0v) is 14.9. The van der Waals surface area contributed by atoms with Crippen LogP contribution in [0.2, 0.25) is 0 Å². The van der Waals surface area contributed by atoms with Gasteiger partial charge in [0.05, 0.1) is 18.8 Å². The van der Waals surface area contributed by atoms with E-state index < -0.39 is 0 Å². The molecule has 0 saturated carbocycles. The number of rotatable bonds is 3. The molecular formula is C17H26N4O4. The molecule has 25 heavy (non-hydrogen) atoms. The molecule has 0 radical (unpaired) electrons. The van der Waals surface area contributed by atoms with Gasteiger partial charge in [0.2, 0.25) is 11.8 Å². The minimum absolute atomic E-state index is 0.0847. The molecule has 0 spiro atoms. The van der Waals surface area contributed by atoms with Crippen LogP contribution >= 0.6 is 0 Å². The Labute approximate surface area is 147 Å². The minimum atomic E-state index is -0.168. The fourth-order valence-corrected chi connectivity index (χ4v) is 4.32. The first-order chi connectivity index (χ1) is 12.1. The Hall–Kier alpha value is -1.51. The molecule has 8 nitrogen and oxygen atoms in total. The molecule has 1 aromatic heterocycles. The lowest BCUT2D eigenvalue weighted by Crippen LogP contribution is -2.53. The summed E-state index contributed by atoms with van der Waals surface area (Å²) in [6.45, 7) is 7.44. The van der Waals surface area contributed by atoms with E-state index >= 15 is 0 Å². The average Bonchev–Trinajstić information content (AvgIpc) is 3.21. The Morgan fingerprint density at radius 3 is 2.64 bits per heavy atom. The molecule has 8 heteroatoms. The van der Waals surface area contributed by atoms with Gasteiger partial charge in [0, 0.05) is 32.3 Å². The molecule has 3 fully saturated rings. The van der Waals surface area contributed by atoms with Crippen molar-refractivity contribution < 1.29 is 18.8 Å². The van der Waals surface area contributed by atoms with Gasteiger partial charge in [-0.2, -0.15) is 4.98 Å². The van der Waals surface area contributed by atoms with E-state index in [-0.39, 0.29) is 24.1 Å². The number of amides is 1. The summed E-state index contributed by atoms with van der Waals surface area (Å²) in [6, 6.07) is 0.0127. The SMILES string of the molecule is Cc1noc([C@@H]2[C@@H](C)OCCN2C2CCN(C3CCOCC3)C2=O)n1. The maximum atomic E-state index is 13.1. The third-order valence-corrected chi connectivity index (χ3v) is 5.57. The number of likely N-dealkylation sites (tertiary alicyclic amines) is 1. The lowest BCUT2D eigenvalue weighted by molar-refractivity contribution is -0.142. The number of aryl methyl sites for hydroxylation is 1. The van der Waals surface area contributed by atoms with Crippen LogP contribution < -0.4 is 0 Å². The van der Waals surface area contributed by atoms with Gasteiger partial charge < -0.3 is 18.9 Å². The van der Waals surface area contributed by atoms with Crippen LogP contribution in [0.3, 0.4) is 0 Å². The largest absolute Gasteiger partial charge is 0.381 e. The second-order valence-corrected chi connectivity index (χ2v) is 7.12. The average molecular weight is 350 g/mol. The number of morpholine rings is 1. The number of nitrogens with zero attached hydrogens (tertiary/aromatic N) is 4. The molecule has 1 unspecified atom stereocenters. The van der Waals surface area contributed by atoms with Crippen LogP contribution in [-0.2, 0) is 14.3 Å². The predicted octanol–water partition coefficient (Wildman–Crippen LogP) is 0.920. The molecule has 3 atom stereocenters. The van der Waals surface area contributed by atoms with Gasteiger partial charge in [-0.05, 0) is 33.1 Å². The molecule has 138 valence electrons. The van der Waals surface area contributed by atoms with Crippen molar-refractivity contribution in [2.45, 2.75) is 57.3 Å². The molecule has 0 aliphatic carbocycles. The molecule has 0 bridgehead atoms. The molecule has 3 aliphatic heterocycles. The Morgan fingerprint density at radius 1 is 1.12 bits per heavy atom. The van der Waals surface area contributed by atoms with Gasteiger partial charge in [-0.15, -0.1) is 0 Å². The predicted molar refractivity (Wildman–Crippen MR) is 87.9 cm³/mol. The van der Waals surface area contributed by atoms with Gasteiger partial charge in [-0.3, -0.25) is 9.69 Å². The minimum Gasteiger partial charge on any atom is -0.381 e. The van der Waals surface area contributed by atoms with Crippen molar-refractivity contribution in [3.05, 3.63) is 11.7 Å². The van der Waals surface area contributed by atoms with E-state index in [1.54, 1.807) is 6.92 Å². The van der Waals surface area contributed by atoms with E-state index in [0.717, 1.165) is 39.0 Å². The third kappa shape index (κ3) is 3.18. The molecule has 3 aliphatic rings. The molecule has 3 saturated heterocycles. The lowest BCUT2D eigenvalue weighted by atomic mass is 10.0. The summed E-state index contributed by atoms with van der Waals surface area (Å²) in [6.07, 6.45) is 2.62. The first kappa shape index (κ1) is 16.9. The van der Waals surface area contributed by atoms with Crippen molar-refractivity contribution in [3.8, 4) is 0 Å². The van der Waals surface area contributed by atoms with Crippen LogP contribution in [0.1, 0.15) is 43.9 Å². The molecule has 4 heterocycles. The van der Waals surface area contributed by atoms with Crippen molar-refractivity contribution >= 4 is 5.91 Å². The Kier molecular flexibility index (Phi) is 4.75. The van der Waals surface area contributed by atoms with Gasteiger partial charge in [0.25, 0.3) is 0 Å². The quantitative estimate of drug-likeness (QED) is 0.802. The van der Waals surface area contributed by atoms with Crippen LogP contribution in [0.5, 0.6) is 0 Å². The first-order valence-corrected chi connectivity index (χ1v) is 9.21. The van der Waals surface area contributed by atoms with Gasteiger partial charge in [-0.1, -0.05) is 5.16 Å². The van der Waals surface area contributed by atoms with E-state index in [0.29, 0.717) is 30.9 Å². The highest BCUT2D eigenvalue weighted by atomic mass is 16.5. The Bertz CT molecular complexity index is 616. The highest BCUT2D eigenvalue weighted by Crippen LogP contribution is 2.34. The number of hydrogen-bond acceptors (Lipinski definition) is 7. The number of aromatic nitrogens is 2. The maximum absolute atomic E-state index is 13.1. The summed E-state index contributed by atoms with van der Waals surface area (Å²) in [5.74, 6) is 1.37. The van der Waals surface area contributed by atoms with Crippen LogP contribution in [0.15, 0.2) is 4.52 Å². The van der Waals surface area contributed by atoms with Gasteiger partial charge in [-0.25, -0.2) is 0 Å². The summed E-state index contributed by atoms with van der Waals surface area (Å²) >= 11 is 0. The van der Waals surface area contributed by atoms with E-state index in [2.05, 4.69) is 19.9 Å². The van der Waals surface area contributed by atoms with Crippen LogP contribution in [0, 0.1) is 6.92 Å². The summed E-state index contributed by atoms with van der Waals surface area (Å²) in [7, 11) is 0. The summed E-state index contributed by atoms with van der Waals surface area (Å²) in [5, 5.41) is 3.92. The summed E-state index contributed by atoms with van der Waals surface area (Å²) in [5.41, 5.74) is 0. The van der Waals surface area contributed by atoms with Crippen LogP contribution in [0.25, 0.3) is 0 Å². The van der Waals surface area contributed by atoms with Crippen molar-refractivity contribution in [3.63, 3.8) is 0 Å². The Morgan fingerprint density at radius 2 is 1.92 bits per heavy atom. The molecule has 1 amide bonds. The van der Waals surface area contributed by atoms with Gasteiger partial charge in [0.1, 0.15) is 6.04 Å². The van der Waals surface area contributed by atoms with Gasteiger partial charge >= 0.3 is 0 Å². The lowest BCUT2D eigenvalue weighted by Gasteiger charge is -2.40. The van der Waals surface area contributed by atoms with E-state index in [9.17, 15) is 4.79 Å². The summed E-state index contributed by atoms with van der Waals surface area (Å²) < 4.78 is 16.7. The fraction of sp³-hybridized carbons (Fsp3) is 0.824. The monoisotopic (exact) mass is 350 g/mol. The van der Waals surface area contributed by atoms with Gasteiger partial charge in [0.15, 0.2) is 5.82 Å². The molecular weight excluding hydrogens is 324 g/mol. The van der Waals surface area contributed by atoms with E-state index in [1.165, 1.54) is 0 Å². The normalized spacial score (nSPS) is 32.5. The third-order valence-electron chi connectivity index (χ3n) is 5.57. The topological polar surface area (TPSA) is 80.9 Å². The molecule has 0 aromatic carbocycles. The molecule has 4 rings (SSSR count). The second kappa shape index (κ2) is 7.01. The van der Waals surface area contributed by atoms with Crippen molar-refractivity contribution in [1.29, 1.82) is 0 Å². The van der Waals surface area contributed by atoms with Crippen LogP contribution in [-0.4, -0.2) is 76.9 Å². The van der Waals surface area contributed by atoms with Crippen molar-refractivity contribution in [1.82, 2.24) is 19.9 Å². The van der Waals surface area contributed by atoms with E-state index in [4.69, 9.17) is 14.0 Å². The van der Waals surface area contributed by atoms with Crippen LogP contribution in [0.4, 0.5) is 0 Å². The number of hydrogen-bond donors (Lipinski definition) is 0. The Balaban J connectivity index is 1.53. The number of carbonyl (C=O) groups excluding carboxylic acids is 1. The highest BCUT2D eigenvalue weighted by molar-refractivity contribution is 5.84. The number of carbonyl (C=O) groups is 1. The second-order valence-electron chi connectivity index (χ2n) is 7.12. The standard InChI is InChI=1S/C17H26N4O4/c1-11-15(16-18-12(2)19-25-16)21(7-10-24-11)14-3-6-20(17(14)22)13-4-8-23-9-5-13/h11,13-15H,3-10H2,1-2H3/t11-,14?,15+/m1/s1.